The van der Waals surface area contributed by atoms with Crippen molar-refractivity contribution >= 4 is 0 Å². The van der Waals surface area contributed by atoms with Crippen molar-refractivity contribution in [1.82, 2.24) is 0 Å². The Labute approximate surface area is 157 Å². The molecule has 0 aliphatic heterocycles. The fourth-order valence-electron chi connectivity index (χ4n) is 9.00. The van der Waals surface area contributed by atoms with Crippen LogP contribution >= 0.6 is 0 Å². The SMILES string of the molecule is CCCC[C@@H](C)C1CCC2C3CCC4CCCCC4(C)C3CCC21C. The van der Waals surface area contributed by atoms with Crippen molar-refractivity contribution in [2.75, 3.05) is 0 Å². The largest absolute Gasteiger partial charge is 0.0654 e. The van der Waals surface area contributed by atoms with Gasteiger partial charge in [-0.1, -0.05) is 59.8 Å². The van der Waals surface area contributed by atoms with E-state index in [-0.39, 0.29) is 0 Å². The minimum Gasteiger partial charge on any atom is -0.0654 e. The highest BCUT2D eigenvalue weighted by Gasteiger charge is 2.59. The molecule has 4 saturated carbocycles. The van der Waals surface area contributed by atoms with E-state index in [9.17, 15) is 0 Å². The van der Waals surface area contributed by atoms with Gasteiger partial charge in [-0.15, -0.1) is 0 Å². The lowest BCUT2D eigenvalue weighted by Crippen LogP contribution is -2.53. The van der Waals surface area contributed by atoms with Crippen molar-refractivity contribution < 1.29 is 0 Å². The molecule has 0 aromatic carbocycles. The molecule has 4 fully saturated rings. The van der Waals surface area contributed by atoms with E-state index in [1.54, 1.807) is 51.4 Å². The van der Waals surface area contributed by atoms with E-state index in [1.807, 2.05) is 0 Å². The van der Waals surface area contributed by atoms with Crippen LogP contribution in [0.1, 0.15) is 111 Å². The fourth-order valence-corrected chi connectivity index (χ4v) is 9.00. The lowest BCUT2D eigenvalue weighted by Gasteiger charge is -2.61. The molecule has 0 amide bonds. The number of hydrogen-bond donors (Lipinski definition) is 0. The first-order valence-corrected chi connectivity index (χ1v) is 12.0. The monoisotopic (exact) mass is 344 g/mol. The summed E-state index contributed by atoms with van der Waals surface area (Å²) in [6.45, 7) is 10.4. The summed E-state index contributed by atoms with van der Waals surface area (Å²) in [4.78, 5) is 0. The lowest BCUT2D eigenvalue weighted by atomic mass is 9.44. The minimum absolute atomic E-state index is 0.687. The van der Waals surface area contributed by atoms with Gasteiger partial charge in [0.05, 0.1) is 0 Å². The number of hydrogen-bond acceptors (Lipinski definition) is 0. The van der Waals surface area contributed by atoms with Crippen LogP contribution in [0.4, 0.5) is 0 Å². The summed E-state index contributed by atoms with van der Waals surface area (Å²) >= 11 is 0. The highest BCUT2D eigenvalue weighted by atomic mass is 14.6. The van der Waals surface area contributed by atoms with Crippen molar-refractivity contribution in [3.8, 4) is 0 Å². The number of fused-ring (bicyclic) bond motifs is 5. The second-order valence-corrected chi connectivity index (χ2v) is 11.3. The van der Waals surface area contributed by atoms with Crippen molar-refractivity contribution in [3.05, 3.63) is 0 Å². The van der Waals surface area contributed by atoms with Gasteiger partial charge in [-0.2, -0.15) is 0 Å². The summed E-state index contributed by atoms with van der Waals surface area (Å²) in [5, 5.41) is 0. The van der Waals surface area contributed by atoms with E-state index in [2.05, 4.69) is 27.7 Å². The van der Waals surface area contributed by atoms with E-state index in [0.717, 1.165) is 35.5 Å². The Balaban J connectivity index is 1.53. The Morgan fingerprint density at radius 2 is 1.64 bits per heavy atom. The molecule has 0 radical (unpaired) electrons. The van der Waals surface area contributed by atoms with Crippen molar-refractivity contribution in [1.29, 1.82) is 0 Å². The Morgan fingerprint density at radius 1 is 0.840 bits per heavy atom. The van der Waals surface area contributed by atoms with Gasteiger partial charge in [-0.25, -0.2) is 0 Å². The summed E-state index contributed by atoms with van der Waals surface area (Å²) < 4.78 is 0. The fraction of sp³-hybridized carbons (Fsp3) is 1.00. The van der Waals surface area contributed by atoms with Gasteiger partial charge >= 0.3 is 0 Å². The van der Waals surface area contributed by atoms with Gasteiger partial charge in [0.25, 0.3) is 0 Å². The highest BCUT2D eigenvalue weighted by molar-refractivity contribution is 5.09. The van der Waals surface area contributed by atoms with Crippen LogP contribution in [0.2, 0.25) is 0 Å². The van der Waals surface area contributed by atoms with Crippen LogP contribution < -0.4 is 0 Å². The first-order chi connectivity index (χ1) is 12.0. The molecule has 0 aromatic heterocycles. The molecule has 4 rings (SSSR count). The van der Waals surface area contributed by atoms with E-state index in [1.165, 1.54) is 32.1 Å². The molecule has 25 heavy (non-hydrogen) atoms. The molecular weight excluding hydrogens is 300 g/mol. The summed E-state index contributed by atoms with van der Waals surface area (Å²) in [6, 6.07) is 0. The molecule has 0 spiro atoms. The Morgan fingerprint density at radius 3 is 2.44 bits per heavy atom. The molecule has 0 bridgehead atoms. The highest BCUT2D eigenvalue weighted by Crippen LogP contribution is 2.68. The molecule has 7 unspecified atom stereocenters. The van der Waals surface area contributed by atoms with Crippen LogP contribution in [0.25, 0.3) is 0 Å². The second kappa shape index (κ2) is 6.87. The third-order valence-corrected chi connectivity index (χ3v) is 10.4. The van der Waals surface area contributed by atoms with Crippen LogP contribution in [0.15, 0.2) is 0 Å². The van der Waals surface area contributed by atoms with Gasteiger partial charge in [0.1, 0.15) is 0 Å². The van der Waals surface area contributed by atoms with E-state index in [0.29, 0.717) is 10.8 Å². The first kappa shape index (κ1) is 18.4. The van der Waals surface area contributed by atoms with E-state index < -0.39 is 0 Å². The zero-order valence-corrected chi connectivity index (χ0v) is 17.7. The molecule has 0 aromatic rings. The maximum atomic E-state index is 2.74. The first-order valence-electron chi connectivity index (χ1n) is 12.0. The smallest absolute Gasteiger partial charge is 0.0264 e. The van der Waals surface area contributed by atoms with Crippen LogP contribution in [0, 0.1) is 46.3 Å². The molecule has 0 heteroatoms. The maximum Gasteiger partial charge on any atom is -0.0264 e. The van der Waals surface area contributed by atoms with Crippen LogP contribution in [-0.2, 0) is 0 Å². The standard InChI is InChI=1S/C25H44/c1-5-6-9-18(2)21-13-14-22-20-12-11-19-10-7-8-16-24(19,3)23(20)15-17-25(21,22)4/h18-23H,5-17H2,1-4H3/t18-,19?,20?,21?,22?,23?,24?,25?/m1/s1. The zero-order valence-electron chi connectivity index (χ0n) is 17.7. The van der Waals surface area contributed by atoms with E-state index in [4.69, 9.17) is 0 Å². The van der Waals surface area contributed by atoms with Gasteiger partial charge < -0.3 is 0 Å². The Hall–Kier alpha value is 0. The van der Waals surface area contributed by atoms with Crippen LogP contribution in [0.5, 0.6) is 0 Å². The Kier molecular flexibility index (Phi) is 5.04. The third kappa shape index (κ3) is 2.84. The number of unbranched alkanes of at least 4 members (excludes halogenated alkanes) is 1. The van der Waals surface area contributed by atoms with Crippen LogP contribution in [0.3, 0.4) is 0 Å². The molecule has 0 saturated heterocycles. The summed E-state index contributed by atoms with van der Waals surface area (Å²) in [5.41, 5.74) is 1.40. The average Bonchev–Trinajstić information content (AvgIpc) is 2.96. The topological polar surface area (TPSA) is 0 Å². The minimum atomic E-state index is 0.687. The van der Waals surface area contributed by atoms with Gasteiger partial charge in [0.2, 0.25) is 0 Å². The molecule has 0 N–H and O–H groups in total. The van der Waals surface area contributed by atoms with Crippen molar-refractivity contribution in [2.45, 2.75) is 111 Å². The lowest BCUT2D eigenvalue weighted by molar-refractivity contribution is -0.114. The molecule has 4 aliphatic rings. The molecular formula is C25H44. The molecule has 0 heterocycles. The van der Waals surface area contributed by atoms with Gasteiger partial charge in [-0.3, -0.25) is 0 Å². The van der Waals surface area contributed by atoms with Crippen LogP contribution in [-0.4, -0.2) is 0 Å². The number of rotatable bonds is 4. The van der Waals surface area contributed by atoms with Crippen molar-refractivity contribution in [2.24, 2.45) is 46.3 Å². The van der Waals surface area contributed by atoms with Crippen molar-refractivity contribution in [3.63, 3.8) is 0 Å². The van der Waals surface area contributed by atoms with Gasteiger partial charge in [0.15, 0.2) is 0 Å². The average molecular weight is 345 g/mol. The molecule has 4 aliphatic carbocycles. The molecule has 8 atom stereocenters. The van der Waals surface area contributed by atoms with Gasteiger partial charge in [-0.05, 0) is 97.7 Å². The van der Waals surface area contributed by atoms with Gasteiger partial charge in [0, 0.05) is 0 Å². The summed E-state index contributed by atoms with van der Waals surface area (Å²) in [5.74, 6) is 6.30. The maximum absolute atomic E-state index is 2.74. The normalized spacial score (nSPS) is 50.6. The predicted octanol–water partition coefficient (Wildman–Crippen LogP) is 7.86. The summed E-state index contributed by atoms with van der Waals surface area (Å²) in [7, 11) is 0. The predicted molar refractivity (Wildman–Crippen MR) is 109 cm³/mol. The van der Waals surface area contributed by atoms with E-state index >= 15 is 0 Å². The summed E-state index contributed by atoms with van der Waals surface area (Å²) in [6.07, 6.45) is 19.9. The second-order valence-electron chi connectivity index (χ2n) is 11.3. The molecule has 144 valence electrons. The Bertz CT molecular complexity index is 467. The third-order valence-electron chi connectivity index (χ3n) is 10.4. The molecule has 0 nitrogen and oxygen atoms in total. The quantitative estimate of drug-likeness (QED) is 0.487. The zero-order chi connectivity index (χ0) is 17.7.